The topological polar surface area (TPSA) is 61.5 Å². The van der Waals surface area contributed by atoms with Crippen LogP contribution in [0, 0.1) is 5.92 Å². The van der Waals surface area contributed by atoms with E-state index >= 15 is 0 Å². The fraction of sp³-hybridized carbons (Fsp3) is 0.909. The van der Waals surface area contributed by atoms with Gasteiger partial charge in [-0.1, -0.05) is 19.3 Å². The molecule has 0 heterocycles. The molecule has 1 rings (SSSR count). The Morgan fingerprint density at radius 1 is 1.53 bits per heavy atom. The van der Waals surface area contributed by atoms with E-state index in [-0.39, 0.29) is 6.61 Å². The Kier molecular flexibility index (Phi) is 4.54. The third-order valence-electron chi connectivity index (χ3n) is 2.95. The average Bonchev–Trinajstić information content (AvgIpc) is 2.13. The van der Waals surface area contributed by atoms with Crippen LogP contribution in [-0.2, 0) is 14.3 Å². The number of ether oxygens (including phenoxy) is 2. The molecule has 0 saturated heterocycles. The molecule has 0 aromatic heterocycles. The molecule has 1 atom stereocenters. The first-order chi connectivity index (χ1) is 7.06. The molecule has 1 aliphatic carbocycles. The standard InChI is InChI=1S/C11H21NO3/c1-11(12,10(13)14-2)8-15-7-6-9-4-3-5-9/h9H,3-8,12H2,1-2H3. The normalized spacial score (nSPS) is 20.5. The zero-order chi connectivity index (χ0) is 11.3. The van der Waals surface area contributed by atoms with Crippen molar-refractivity contribution >= 4 is 5.97 Å². The van der Waals surface area contributed by atoms with E-state index in [0.717, 1.165) is 12.3 Å². The van der Waals surface area contributed by atoms with Crippen LogP contribution in [0.4, 0.5) is 0 Å². The molecule has 1 aliphatic rings. The minimum absolute atomic E-state index is 0.229. The summed E-state index contributed by atoms with van der Waals surface area (Å²) in [4.78, 5) is 11.2. The lowest BCUT2D eigenvalue weighted by atomic mass is 9.83. The predicted molar refractivity (Wildman–Crippen MR) is 57.4 cm³/mol. The maximum atomic E-state index is 11.2. The van der Waals surface area contributed by atoms with Crippen molar-refractivity contribution < 1.29 is 14.3 Å². The number of hydrogen-bond donors (Lipinski definition) is 1. The minimum Gasteiger partial charge on any atom is -0.468 e. The summed E-state index contributed by atoms with van der Waals surface area (Å²) in [5, 5.41) is 0. The van der Waals surface area contributed by atoms with Gasteiger partial charge in [0.15, 0.2) is 0 Å². The monoisotopic (exact) mass is 215 g/mol. The Labute approximate surface area is 91.1 Å². The maximum Gasteiger partial charge on any atom is 0.327 e. The lowest BCUT2D eigenvalue weighted by Gasteiger charge is -2.26. The van der Waals surface area contributed by atoms with Gasteiger partial charge >= 0.3 is 5.97 Å². The number of carbonyl (C=O) groups excluding carboxylic acids is 1. The van der Waals surface area contributed by atoms with Gasteiger partial charge in [-0.2, -0.15) is 0 Å². The van der Waals surface area contributed by atoms with Crippen molar-refractivity contribution in [3.05, 3.63) is 0 Å². The number of rotatable bonds is 6. The molecule has 0 aromatic carbocycles. The molecule has 88 valence electrons. The van der Waals surface area contributed by atoms with Crippen molar-refractivity contribution in [3.8, 4) is 0 Å². The Hall–Kier alpha value is -0.610. The first kappa shape index (κ1) is 12.5. The van der Waals surface area contributed by atoms with Crippen LogP contribution in [0.15, 0.2) is 0 Å². The van der Waals surface area contributed by atoms with E-state index in [1.54, 1.807) is 6.92 Å². The molecule has 1 unspecified atom stereocenters. The maximum absolute atomic E-state index is 11.2. The summed E-state index contributed by atoms with van der Waals surface area (Å²) in [6.45, 7) is 2.54. The molecule has 15 heavy (non-hydrogen) atoms. The zero-order valence-electron chi connectivity index (χ0n) is 9.62. The van der Waals surface area contributed by atoms with E-state index in [2.05, 4.69) is 4.74 Å². The summed E-state index contributed by atoms with van der Waals surface area (Å²) < 4.78 is 9.98. The van der Waals surface area contributed by atoms with E-state index in [1.165, 1.54) is 26.4 Å². The van der Waals surface area contributed by atoms with Crippen LogP contribution >= 0.6 is 0 Å². The summed E-state index contributed by atoms with van der Waals surface area (Å²) in [6, 6.07) is 0. The molecule has 1 saturated carbocycles. The van der Waals surface area contributed by atoms with Crippen LogP contribution in [0.1, 0.15) is 32.6 Å². The molecule has 0 bridgehead atoms. The van der Waals surface area contributed by atoms with Crippen molar-refractivity contribution in [3.63, 3.8) is 0 Å². The molecule has 0 radical (unpaired) electrons. The van der Waals surface area contributed by atoms with Crippen LogP contribution < -0.4 is 5.73 Å². The molecule has 1 fully saturated rings. The molecule has 2 N–H and O–H groups in total. The first-order valence-corrected chi connectivity index (χ1v) is 5.51. The number of methoxy groups -OCH3 is 1. The lowest BCUT2D eigenvalue weighted by Crippen LogP contribution is -2.49. The van der Waals surface area contributed by atoms with Gasteiger partial charge in [0.25, 0.3) is 0 Å². The van der Waals surface area contributed by atoms with Crippen LogP contribution in [0.2, 0.25) is 0 Å². The summed E-state index contributed by atoms with van der Waals surface area (Å²) in [6.07, 6.45) is 5.07. The molecule has 0 aromatic rings. The fourth-order valence-corrected chi connectivity index (χ4v) is 1.61. The van der Waals surface area contributed by atoms with Crippen LogP contribution in [0.25, 0.3) is 0 Å². The van der Waals surface area contributed by atoms with Gasteiger partial charge in [0.2, 0.25) is 0 Å². The number of hydrogen-bond acceptors (Lipinski definition) is 4. The molecule has 4 heteroatoms. The van der Waals surface area contributed by atoms with Crippen LogP contribution in [0.3, 0.4) is 0 Å². The van der Waals surface area contributed by atoms with Crippen LogP contribution in [-0.4, -0.2) is 31.8 Å². The predicted octanol–water partition coefficient (Wildman–Crippen LogP) is 1.08. The quantitative estimate of drug-likeness (QED) is 0.532. The molecular formula is C11H21NO3. The second-order valence-electron chi connectivity index (χ2n) is 4.55. The van der Waals surface area contributed by atoms with Gasteiger partial charge in [-0.25, -0.2) is 4.79 Å². The highest BCUT2D eigenvalue weighted by atomic mass is 16.5. The second kappa shape index (κ2) is 5.47. The van der Waals surface area contributed by atoms with Crippen LogP contribution in [0.5, 0.6) is 0 Å². The summed E-state index contributed by atoms with van der Waals surface area (Å²) >= 11 is 0. The Balaban J connectivity index is 2.09. The highest BCUT2D eigenvalue weighted by molar-refractivity contribution is 5.80. The third kappa shape index (κ3) is 3.80. The molecule has 0 aliphatic heterocycles. The van der Waals surface area contributed by atoms with Crippen molar-refractivity contribution in [2.75, 3.05) is 20.3 Å². The van der Waals surface area contributed by atoms with Crippen molar-refractivity contribution in [2.45, 2.75) is 38.1 Å². The van der Waals surface area contributed by atoms with Crippen molar-refractivity contribution in [2.24, 2.45) is 11.7 Å². The minimum atomic E-state index is -1.02. The van der Waals surface area contributed by atoms with Gasteiger partial charge in [-0.05, 0) is 19.3 Å². The van der Waals surface area contributed by atoms with Gasteiger partial charge < -0.3 is 15.2 Å². The summed E-state index contributed by atoms with van der Waals surface area (Å²) in [5.41, 5.74) is 4.72. The van der Waals surface area contributed by atoms with Crippen molar-refractivity contribution in [1.82, 2.24) is 0 Å². The van der Waals surface area contributed by atoms with Crippen molar-refractivity contribution in [1.29, 1.82) is 0 Å². The SMILES string of the molecule is COC(=O)C(C)(N)COCCC1CCC1. The number of nitrogens with two attached hydrogens (primary N) is 1. The average molecular weight is 215 g/mol. The smallest absolute Gasteiger partial charge is 0.327 e. The summed E-state index contributed by atoms with van der Waals surface area (Å²) in [5.74, 6) is 0.401. The largest absolute Gasteiger partial charge is 0.468 e. The first-order valence-electron chi connectivity index (χ1n) is 5.51. The fourth-order valence-electron chi connectivity index (χ4n) is 1.61. The molecule has 4 nitrogen and oxygen atoms in total. The lowest BCUT2D eigenvalue weighted by molar-refractivity contribution is -0.148. The number of carbonyl (C=O) groups is 1. The van der Waals surface area contributed by atoms with Gasteiger partial charge in [0.05, 0.1) is 13.7 Å². The van der Waals surface area contributed by atoms with Gasteiger partial charge in [0.1, 0.15) is 5.54 Å². The van der Waals surface area contributed by atoms with E-state index in [0.29, 0.717) is 6.61 Å². The Morgan fingerprint density at radius 2 is 2.20 bits per heavy atom. The van der Waals surface area contributed by atoms with Gasteiger partial charge in [-0.3, -0.25) is 0 Å². The van der Waals surface area contributed by atoms with Gasteiger partial charge in [-0.15, -0.1) is 0 Å². The number of esters is 1. The molecular weight excluding hydrogens is 194 g/mol. The molecule has 0 spiro atoms. The van der Waals surface area contributed by atoms with E-state index in [4.69, 9.17) is 10.5 Å². The van der Waals surface area contributed by atoms with E-state index in [9.17, 15) is 4.79 Å². The highest BCUT2D eigenvalue weighted by Crippen LogP contribution is 2.29. The summed E-state index contributed by atoms with van der Waals surface area (Å²) in [7, 11) is 1.34. The second-order valence-corrected chi connectivity index (χ2v) is 4.55. The Morgan fingerprint density at radius 3 is 2.67 bits per heavy atom. The van der Waals surface area contributed by atoms with E-state index in [1.807, 2.05) is 0 Å². The van der Waals surface area contributed by atoms with Gasteiger partial charge in [0, 0.05) is 6.61 Å². The Bertz CT molecular complexity index is 212. The zero-order valence-corrected chi connectivity index (χ0v) is 9.62. The van der Waals surface area contributed by atoms with E-state index < -0.39 is 11.5 Å². The molecule has 0 amide bonds. The highest BCUT2D eigenvalue weighted by Gasteiger charge is 2.29. The third-order valence-corrected chi connectivity index (χ3v) is 2.95.